The molecule has 2 aromatic rings. The molecule has 2 aromatic heterocycles. The molecule has 0 radical (unpaired) electrons. The molecule has 0 amide bonds. The van der Waals surface area contributed by atoms with Crippen molar-refractivity contribution in [2.24, 2.45) is 0 Å². The van der Waals surface area contributed by atoms with Crippen LogP contribution in [0.25, 0.3) is 11.2 Å². The van der Waals surface area contributed by atoms with Gasteiger partial charge in [0.15, 0.2) is 11.5 Å². The highest BCUT2D eigenvalue weighted by Crippen LogP contribution is 2.52. The Morgan fingerprint density at radius 1 is 1.32 bits per heavy atom. The lowest BCUT2D eigenvalue weighted by atomic mass is 10.1. The number of aromatic nitrogens is 4. The fourth-order valence-corrected chi connectivity index (χ4v) is 2.75. The summed E-state index contributed by atoms with van der Waals surface area (Å²) in [7, 11) is 0. The van der Waals surface area contributed by atoms with E-state index in [0.29, 0.717) is 29.8 Å². The van der Waals surface area contributed by atoms with Gasteiger partial charge in [-0.25, -0.2) is 15.0 Å². The maximum atomic E-state index is 10.0. The van der Waals surface area contributed by atoms with Crippen molar-refractivity contribution in [2.75, 3.05) is 5.73 Å². The highest BCUT2D eigenvalue weighted by atomic mass is 16.6. The number of ether oxygens (including phenoxy) is 1. The van der Waals surface area contributed by atoms with Gasteiger partial charge in [-0.3, -0.25) is 4.57 Å². The minimum absolute atomic E-state index is 0.309. The third-order valence-corrected chi connectivity index (χ3v) is 3.96. The number of imidazole rings is 1. The van der Waals surface area contributed by atoms with Gasteiger partial charge in [-0.1, -0.05) is 0 Å². The Kier molecular flexibility index (Phi) is 1.99. The number of nitrogens with two attached hydrogens (primary N) is 1. The van der Waals surface area contributed by atoms with Crippen LogP contribution in [0.3, 0.4) is 0 Å². The van der Waals surface area contributed by atoms with Crippen LogP contribution in [-0.4, -0.2) is 47.5 Å². The Labute approximate surface area is 107 Å². The van der Waals surface area contributed by atoms with Crippen molar-refractivity contribution >= 4 is 17.0 Å². The third kappa shape index (κ3) is 1.36. The molecule has 8 heteroatoms. The molecule has 0 bridgehead atoms. The van der Waals surface area contributed by atoms with Gasteiger partial charge in [-0.15, -0.1) is 0 Å². The molecular weight excluding hydrogens is 250 g/mol. The molecule has 0 aromatic carbocycles. The zero-order valence-corrected chi connectivity index (χ0v) is 9.97. The predicted molar refractivity (Wildman–Crippen MR) is 63.8 cm³/mol. The van der Waals surface area contributed by atoms with Crippen molar-refractivity contribution in [1.29, 1.82) is 0 Å². The summed E-state index contributed by atoms with van der Waals surface area (Å²) in [6.45, 7) is 0. The van der Waals surface area contributed by atoms with Crippen molar-refractivity contribution in [3.8, 4) is 0 Å². The summed E-state index contributed by atoms with van der Waals surface area (Å²) in [6, 6.07) is 0. The van der Waals surface area contributed by atoms with Crippen molar-refractivity contribution in [1.82, 2.24) is 19.5 Å². The van der Waals surface area contributed by atoms with E-state index in [-0.39, 0.29) is 0 Å². The predicted octanol–water partition coefficient (Wildman–Crippen LogP) is -0.808. The summed E-state index contributed by atoms with van der Waals surface area (Å²) in [5.41, 5.74) is 6.00. The lowest BCUT2D eigenvalue weighted by molar-refractivity contribution is -0.0580. The van der Waals surface area contributed by atoms with Gasteiger partial charge >= 0.3 is 0 Å². The van der Waals surface area contributed by atoms with E-state index in [9.17, 15) is 10.2 Å². The first-order valence-electron chi connectivity index (χ1n) is 6.09. The molecule has 3 heterocycles. The Morgan fingerprint density at radius 3 is 2.79 bits per heavy atom. The SMILES string of the molecule is Nc1ncnc2c1ncn2[C@H]1C[C@H](O)[C@@]2(C[C@@H]2O)O1. The van der Waals surface area contributed by atoms with Crippen molar-refractivity contribution in [3.05, 3.63) is 12.7 Å². The van der Waals surface area contributed by atoms with E-state index in [1.54, 1.807) is 10.9 Å². The summed E-state index contributed by atoms with van der Waals surface area (Å²) >= 11 is 0. The summed E-state index contributed by atoms with van der Waals surface area (Å²) < 4.78 is 7.52. The Balaban J connectivity index is 1.75. The second-order valence-corrected chi connectivity index (χ2v) is 5.08. The Bertz CT molecular complexity index is 659. The quantitative estimate of drug-likeness (QED) is 0.615. The lowest BCUT2D eigenvalue weighted by Gasteiger charge is -2.14. The number of nitrogen functional groups attached to an aromatic ring is 1. The standard InChI is InChI=1S/C11H13N5O3/c12-9-8-10(14-3-13-9)16(4-15-8)7-1-5(17)11(19-7)2-6(11)18/h3-7,17-18H,1-2H2,(H2,12,13,14)/t5-,6-,7+,11+/m0/s1. The molecule has 1 saturated carbocycles. The summed E-state index contributed by atoms with van der Waals surface area (Å²) in [4.78, 5) is 12.2. The van der Waals surface area contributed by atoms with E-state index in [4.69, 9.17) is 10.5 Å². The first-order valence-corrected chi connectivity index (χ1v) is 6.09. The Hall–Kier alpha value is -1.77. The van der Waals surface area contributed by atoms with Crippen LogP contribution >= 0.6 is 0 Å². The molecule has 4 atom stereocenters. The second kappa shape index (κ2) is 3.41. The average Bonchev–Trinajstić information content (AvgIpc) is 2.75. The summed E-state index contributed by atoms with van der Waals surface area (Å²) in [5, 5.41) is 19.6. The topological polar surface area (TPSA) is 119 Å². The maximum Gasteiger partial charge on any atom is 0.167 e. The minimum Gasteiger partial charge on any atom is -0.390 e. The fraction of sp³-hybridized carbons (Fsp3) is 0.545. The smallest absolute Gasteiger partial charge is 0.167 e. The first kappa shape index (κ1) is 11.1. The van der Waals surface area contributed by atoms with E-state index < -0.39 is 24.0 Å². The van der Waals surface area contributed by atoms with Crippen LogP contribution in [0.2, 0.25) is 0 Å². The lowest BCUT2D eigenvalue weighted by Crippen LogP contribution is -2.27. The van der Waals surface area contributed by atoms with Gasteiger partial charge in [0.2, 0.25) is 0 Å². The molecule has 100 valence electrons. The number of nitrogens with zero attached hydrogens (tertiary/aromatic N) is 4. The number of hydrogen-bond acceptors (Lipinski definition) is 7. The molecule has 4 N–H and O–H groups in total. The van der Waals surface area contributed by atoms with E-state index in [2.05, 4.69) is 15.0 Å². The maximum absolute atomic E-state index is 10.0. The largest absolute Gasteiger partial charge is 0.390 e. The highest BCUT2D eigenvalue weighted by molar-refractivity contribution is 5.81. The van der Waals surface area contributed by atoms with E-state index >= 15 is 0 Å². The van der Waals surface area contributed by atoms with Gasteiger partial charge in [0.05, 0.1) is 18.5 Å². The van der Waals surface area contributed by atoms with E-state index in [1.165, 1.54) is 6.33 Å². The van der Waals surface area contributed by atoms with Crippen molar-refractivity contribution in [3.63, 3.8) is 0 Å². The zero-order valence-electron chi connectivity index (χ0n) is 9.97. The second-order valence-electron chi connectivity index (χ2n) is 5.08. The molecule has 19 heavy (non-hydrogen) atoms. The zero-order chi connectivity index (χ0) is 13.2. The number of hydrogen-bond donors (Lipinski definition) is 3. The first-order chi connectivity index (χ1) is 9.12. The van der Waals surface area contributed by atoms with Crippen LogP contribution in [0.15, 0.2) is 12.7 Å². The summed E-state index contributed by atoms with van der Waals surface area (Å²) in [6.07, 6.45) is 2.13. The Morgan fingerprint density at radius 2 is 2.11 bits per heavy atom. The number of aliphatic hydroxyl groups is 2. The molecule has 4 rings (SSSR count). The van der Waals surface area contributed by atoms with Crippen LogP contribution in [0.1, 0.15) is 19.1 Å². The molecule has 1 saturated heterocycles. The third-order valence-electron chi connectivity index (χ3n) is 3.96. The van der Waals surface area contributed by atoms with Crippen LogP contribution in [0.4, 0.5) is 5.82 Å². The number of aliphatic hydroxyl groups excluding tert-OH is 2. The number of fused-ring (bicyclic) bond motifs is 1. The number of rotatable bonds is 1. The van der Waals surface area contributed by atoms with E-state index in [0.717, 1.165) is 0 Å². The van der Waals surface area contributed by atoms with Crippen molar-refractivity contribution < 1.29 is 14.9 Å². The number of anilines is 1. The molecular formula is C11H13N5O3. The monoisotopic (exact) mass is 263 g/mol. The summed E-state index contributed by atoms with van der Waals surface area (Å²) in [5.74, 6) is 0.309. The molecule has 0 unspecified atom stereocenters. The van der Waals surface area contributed by atoms with Gasteiger partial charge in [-0.05, 0) is 0 Å². The molecule has 1 spiro atoms. The molecule has 1 aliphatic carbocycles. The van der Waals surface area contributed by atoms with Crippen LogP contribution < -0.4 is 5.73 Å². The highest BCUT2D eigenvalue weighted by Gasteiger charge is 2.65. The van der Waals surface area contributed by atoms with Gasteiger partial charge in [0.1, 0.15) is 23.7 Å². The average molecular weight is 263 g/mol. The van der Waals surface area contributed by atoms with E-state index in [1.807, 2.05) is 0 Å². The minimum atomic E-state index is -0.806. The molecule has 2 aliphatic rings. The van der Waals surface area contributed by atoms with Gasteiger partial charge < -0.3 is 20.7 Å². The van der Waals surface area contributed by atoms with Gasteiger partial charge in [0.25, 0.3) is 0 Å². The van der Waals surface area contributed by atoms with Crippen molar-refractivity contribution in [2.45, 2.75) is 36.9 Å². The molecule has 1 aliphatic heterocycles. The van der Waals surface area contributed by atoms with Crippen LogP contribution in [0.5, 0.6) is 0 Å². The normalized spacial score (nSPS) is 37.3. The van der Waals surface area contributed by atoms with Crippen LogP contribution in [0, 0.1) is 0 Å². The van der Waals surface area contributed by atoms with Gasteiger partial charge in [0, 0.05) is 12.8 Å². The van der Waals surface area contributed by atoms with Gasteiger partial charge in [-0.2, -0.15) is 0 Å². The molecule has 2 fully saturated rings. The molecule has 8 nitrogen and oxygen atoms in total. The van der Waals surface area contributed by atoms with Crippen LogP contribution in [-0.2, 0) is 4.74 Å². The fourth-order valence-electron chi connectivity index (χ4n) is 2.75.